The van der Waals surface area contributed by atoms with Crippen molar-refractivity contribution in [2.75, 3.05) is 24.9 Å². The van der Waals surface area contributed by atoms with Crippen LogP contribution in [0.4, 0.5) is 16.2 Å². The molecule has 4 rings (SSSR count). The summed E-state index contributed by atoms with van der Waals surface area (Å²) in [5.41, 5.74) is 3.02. The Morgan fingerprint density at radius 3 is 2.50 bits per heavy atom. The topological polar surface area (TPSA) is 76.9 Å². The Morgan fingerprint density at radius 1 is 1.04 bits per heavy atom. The quantitative estimate of drug-likeness (QED) is 0.513. The van der Waals surface area contributed by atoms with E-state index in [1.54, 1.807) is 43.8 Å². The van der Waals surface area contributed by atoms with E-state index in [1.807, 2.05) is 46.4 Å². The minimum atomic E-state index is -0.363. The number of ether oxygens (including phenoxy) is 2. The number of benzene rings is 2. The van der Waals surface area contributed by atoms with Gasteiger partial charge in [0.2, 0.25) is 0 Å². The maximum atomic E-state index is 12.4. The van der Waals surface area contributed by atoms with E-state index in [9.17, 15) is 4.79 Å². The van der Waals surface area contributed by atoms with Gasteiger partial charge in [0.1, 0.15) is 11.5 Å². The van der Waals surface area contributed by atoms with E-state index in [0.717, 1.165) is 16.2 Å². The van der Waals surface area contributed by atoms with Crippen LogP contribution in [0, 0.1) is 0 Å². The van der Waals surface area contributed by atoms with Crippen molar-refractivity contribution in [3.05, 3.63) is 60.2 Å². The molecule has 8 heteroatoms. The summed E-state index contributed by atoms with van der Waals surface area (Å²) in [7, 11) is 3.12. The van der Waals surface area contributed by atoms with Crippen LogP contribution in [0.2, 0.25) is 0 Å². The van der Waals surface area contributed by atoms with Gasteiger partial charge in [-0.1, -0.05) is 12.1 Å². The van der Waals surface area contributed by atoms with Gasteiger partial charge in [-0.05, 0) is 12.1 Å². The summed E-state index contributed by atoms with van der Waals surface area (Å²) in [5.74, 6) is 1.19. The molecule has 4 aromatic rings. The van der Waals surface area contributed by atoms with Gasteiger partial charge in [0.05, 0.1) is 19.9 Å². The van der Waals surface area contributed by atoms with Gasteiger partial charge in [-0.15, -0.1) is 11.3 Å². The van der Waals surface area contributed by atoms with Crippen LogP contribution in [0.5, 0.6) is 11.5 Å². The van der Waals surface area contributed by atoms with Crippen LogP contribution >= 0.6 is 11.3 Å². The second kappa shape index (κ2) is 7.61. The summed E-state index contributed by atoms with van der Waals surface area (Å²) < 4.78 is 12.4. The summed E-state index contributed by atoms with van der Waals surface area (Å²) in [6.45, 7) is 0. The SMILES string of the molecule is COc1cc(NC(=O)Nc2cccc(-c3cn4ccsc4n3)c2)cc(OC)c1. The highest BCUT2D eigenvalue weighted by Gasteiger charge is 2.09. The minimum absolute atomic E-state index is 0.363. The van der Waals surface area contributed by atoms with E-state index >= 15 is 0 Å². The molecular weight excluding hydrogens is 376 g/mol. The third-order valence-corrected chi connectivity index (χ3v) is 4.89. The van der Waals surface area contributed by atoms with Crippen LogP contribution < -0.4 is 20.1 Å². The van der Waals surface area contributed by atoms with Crippen molar-refractivity contribution < 1.29 is 14.3 Å². The molecule has 0 radical (unpaired) electrons. The van der Waals surface area contributed by atoms with E-state index in [2.05, 4.69) is 15.6 Å². The summed E-state index contributed by atoms with van der Waals surface area (Å²) in [4.78, 5) is 17.9. The Balaban J connectivity index is 1.50. The van der Waals surface area contributed by atoms with Gasteiger partial charge in [0.25, 0.3) is 0 Å². The Labute approximate surface area is 165 Å². The van der Waals surface area contributed by atoms with Gasteiger partial charge in [-0.25, -0.2) is 9.78 Å². The van der Waals surface area contributed by atoms with Crippen molar-refractivity contribution in [2.45, 2.75) is 0 Å². The average molecular weight is 394 g/mol. The van der Waals surface area contributed by atoms with E-state index in [0.29, 0.717) is 22.9 Å². The Hall–Kier alpha value is -3.52. The van der Waals surface area contributed by atoms with Crippen LogP contribution in [0.25, 0.3) is 16.2 Å². The van der Waals surface area contributed by atoms with Crippen LogP contribution in [0.3, 0.4) is 0 Å². The molecule has 7 nitrogen and oxygen atoms in total. The summed E-state index contributed by atoms with van der Waals surface area (Å²) in [6, 6.07) is 12.4. The summed E-state index contributed by atoms with van der Waals surface area (Å²) in [6.07, 6.45) is 3.93. The number of aromatic nitrogens is 2. The lowest BCUT2D eigenvalue weighted by atomic mass is 10.1. The fraction of sp³-hybridized carbons (Fsp3) is 0.100. The lowest BCUT2D eigenvalue weighted by molar-refractivity contribution is 0.262. The maximum Gasteiger partial charge on any atom is 0.323 e. The van der Waals surface area contributed by atoms with Crippen molar-refractivity contribution in [1.82, 2.24) is 9.38 Å². The number of rotatable bonds is 5. The second-order valence-electron chi connectivity index (χ2n) is 5.98. The summed E-state index contributed by atoms with van der Waals surface area (Å²) >= 11 is 1.58. The lowest BCUT2D eigenvalue weighted by Crippen LogP contribution is -2.19. The number of methoxy groups -OCH3 is 2. The highest BCUT2D eigenvalue weighted by molar-refractivity contribution is 7.15. The van der Waals surface area contributed by atoms with Gasteiger partial charge in [-0.3, -0.25) is 4.40 Å². The predicted molar refractivity (Wildman–Crippen MR) is 111 cm³/mol. The van der Waals surface area contributed by atoms with Crippen molar-refractivity contribution in [1.29, 1.82) is 0 Å². The number of thiazole rings is 1. The first-order valence-corrected chi connectivity index (χ1v) is 9.36. The third kappa shape index (κ3) is 3.77. The normalized spacial score (nSPS) is 10.6. The van der Waals surface area contributed by atoms with E-state index < -0.39 is 0 Å². The second-order valence-corrected chi connectivity index (χ2v) is 6.85. The zero-order valence-corrected chi connectivity index (χ0v) is 16.1. The van der Waals surface area contributed by atoms with Crippen molar-refractivity contribution >= 4 is 33.7 Å². The van der Waals surface area contributed by atoms with Crippen LogP contribution in [0.15, 0.2) is 60.2 Å². The molecule has 2 heterocycles. The first-order chi connectivity index (χ1) is 13.6. The Kier molecular flexibility index (Phi) is 4.86. The molecule has 0 aliphatic carbocycles. The van der Waals surface area contributed by atoms with E-state index in [-0.39, 0.29) is 6.03 Å². The molecule has 0 fully saturated rings. The number of nitrogens with zero attached hydrogens (tertiary/aromatic N) is 2. The highest BCUT2D eigenvalue weighted by Crippen LogP contribution is 2.27. The number of carbonyl (C=O) groups is 1. The Bertz CT molecular complexity index is 1080. The number of hydrogen-bond acceptors (Lipinski definition) is 5. The molecule has 2 N–H and O–H groups in total. The monoisotopic (exact) mass is 394 g/mol. The molecule has 0 bridgehead atoms. The smallest absolute Gasteiger partial charge is 0.323 e. The maximum absolute atomic E-state index is 12.4. The van der Waals surface area contributed by atoms with E-state index in [1.165, 1.54) is 0 Å². The number of carbonyl (C=O) groups excluding carboxylic acids is 1. The van der Waals surface area contributed by atoms with Gasteiger partial charge in [-0.2, -0.15) is 0 Å². The fourth-order valence-electron chi connectivity index (χ4n) is 2.80. The molecule has 28 heavy (non-hydrogen) atoms. The zero-order valence-electron chi connectivity index (χ0n) is 15.3. The molecule has 2 aromatic heterocycles. The van der Waals surface area contributed by atoms with Crippen LogP contribution in [0.1, 0.15) is 0 Å². The van der Waals surface area contributed by atoms with Crippen LogP contribution in [-0.2, 0) is 0 Å². The van der Waals surface area contributed by atoms with Crippen LogP contribution in [-0.4, -0.2) is 29.6 Å². The highest BCUT2D eigenvalue weighted by atomic mass is 32.1. The number of imidazole rings is 1. The minimum Gasteiger partial charge on any atom is -0.497 e. The van der Waals surface area contributed by atoms with E-state index in [4.69, 9.17) is 9.47 Å². The lowest BCUT2D eigenvalue weighted by Gasteiger charge is -2.11. The summed E-state index contributed by atoms with van der Waals surface area (Å²) in [5, 5.41) is 7.62. The molecular formula is C20H18N4O3S. The largest absolute Gasteiger partial charge is 0.497 e. The number of amides is 2. The molecule has 142 valence electrons. The van der Waals surface area contributed by atoms with Crippen molar-refractivity contribution in [3.63, 3.8) is 0 Å². The molecule has 0 spiro atoms. The standard InChI is InChI=1S/C20H18N4O3S/c1-26-16-9-15(10-17(11-16)27-2)22-19(25)21-14-5-3-4-13(8-14)18-12-24-6-7-28-20(24)23-18/h3-12H,1-2H3,(H2,21,22,25). The van der Waals surface area contributed by atoms with Crippen molar-refractivity contribution in [3.8, 4) is 22.8 Å². The third-order valence-electron chi connectivity index (χ3n) is 4.12. The molecule has 0 saturated heterocycles. The number of urea groups is 1. The number of fused-ring (bicyclic) bond motifs is 1. The van der Waals surface area contributed by atoms with Gasteiger partial charge < -0.3 is 20.1 Å². The van der Waals surface area contributed by atoms with Gasteiger partial charge in [0, 0.05) is 52.9 Å². The van der Waals surface area contributed by atoms with Gasteiger partial charge >= 0.3 is 6.03 Å². The zero-order chi connectivity index (χ0) is 19.5. The number of anilines is 2. The first kappa shape index (κ1) is 17.9. The van der Waals surface area contributed by atoms with Gasteiger partial charge in [0.15, 0.2) is 4.96 Å². The molecule has 2 aromatic carbocycles. The molecule has 0 unspecified atom stereocenters. The number of nitrogens with one attached hydrogen (secondary N) is 2. The average Bonchev–Trinajstić information content (AvgIpc) is 3.30. The molecule has 0 aliphatic rings. The number of hydrogen-bond donors (Lipinski definition) is 2. The Morgan fingerprint density at radius 2 is 1.79 bits per heavy atom. The molecule has 0 aliphatic heterocycles. The first-order valence-electron chi connectivity index (χ1n) is 8.48. The fourth-order valence-corrected chi connectivity index (χ4v) is 3.50. The molecule has 0 saturated carbocycles. The van der Waals surface area contributed by atoms with Crippen molar-refractivity contribution in [2.24, 2.45) is 0 Å². The molecule has 2 amide bonds. The predicted octanol–water partition coefficient (Wildman–Crippen LogP) is 4.72. The molecule has 0 atom stereocenters.